The quantitative estimate of drug-likeness (QED) is 0.247. The minimum atomic E-state index is -1.10. The van der Waals surface area contributed by atoms with Gasteiger partial charge < -0.3 is 31.5 Å². The first-order valence-corrected chi connectivity index (χ1v) is 13.1. The minimum absolute atomic E-state index is 0.0219. The maximum absolute atomic E-state index is 12.9. The highest BCUT2D eigenvalue weighted by atomic mass is 16.5. The number of hydrogen-bond donors (Lipinski definition) is 5. The third-order valence-electron chi connectivity index (χ3n) is 6.34. The first-order valence-electron chi connectivity index (χ1n) is 13.1. The van der Waals surface area contributed by atoms with Gasteiger partial charge in [-0.25, -0.2) is 4.79 Å². The van der Waals surface area contributed by atoms with Crippen LogP contribution in [0.3, 0.4) is 0 Å². The summed E-state index contributed by atoms with van der Waals surface area (Å²) in [6.07, 6.45) is -1.53. The van der Waals surface area contributed by atoms with Crippen LogP contribution in [0.5, 0.6) is 0 Å². The smallest absolute Gasteiger partial charge is 0.408 e. The molecule has 0 bridgehead atoms. The van der Waals surface area contributed by atoms with Crippen molar-refractivity contribution in [3.63, 3.8) is 0 Å². The van der Waals surface area contributed by atoms with Crippen molar-refractivity contribution < 1.29 is 29.0 Å². The second-order valence-corrected chi connectivity index (χ2v) is 10.1. The molecule has 10 nitrogen and oxygen atoms in total. The van der Waals surface area contributed by atoms with Crippen molar-refractivity contribution >= 4 is 23.8 Å². The monoisotopic (exact) mass is 540 g/mol. The van der Waals surface area contributed by atoms with E-state index in [4.69, 9.17) is 10.5 Å². The molecule has 212 valence electrons. The molecule has 5 atom stereocenters. The van der Waals surface area contributed by atoms with Crippen LogP contribution in [0, 0.1) is 11.8 Å². The molecule has 0 saturated carbocycles. The third-order valence-corrected chi connectivity index (χ3v) is 6.34. The number of nitrogens with one attached hydrogen (secondary N) is 3. The van der Waals surface area contributed by atoms with Crippen LogP contribution >= 0.6 is 0 Å². The highest BCUT2D eigenvalue weighted by molar-refractivity contribution is 5.87. The largest absolute Gasteiger partial charge is 0.445 e. The van der Waals surface area contributed by atoms with Crippen molar-refractivity contribution in [2.24, 2.45) is 17.6 Å². The second kappa shape index (κ2) is 15.5. The number of carbonyl (C=O) groups is 4. The molecule has 0 saturated heterocycles. The number of primary amides is 1. The van der Waals surface area contributed by atoms with Gasteiger partial charge in [0.25, 0.3) is 0 Å². The fourth-order valence-corrected chi connectivity index (χ4v) is 3.96. The summed E-state index contributed by atoms with van der Waals surface area (Å²) in [4.78, 5) is 49.6. The molecule has 0 radical (unpaired) electrons. The van der Waals surface area contributed by atoms with E-state index in [0.29, 0.717) is 6.42 Å². The molecule has 0 aliphatic carbocycles. The summed E-state index contributed by atoms with van der Waals surface area (Å²) in [7, 11) is 0. The predicted octanol–water partition coefficient (Wildman–Crippen LogP) is 2.04. The van der Waals surface area contributed by atoms with E-state index < -0.39 is 54.0 Å². The number of amides is 4. The van der Waals surface area contributed by atoms with Crippen LogP contribution in [0.15, 0.2) is 60.7 Å². The van der Waals surface area contributed by atoms with Gasteiger partial charge >= 0.3 is 6.09 Å². The van der Waals surface area contributed by atoms with E-state index in [1.54, 1.807) is 20.8 Å². The van der Waals surface area contributed by atoms with Gasteiger partial charge in [-0.3, -0.25) is 14.4 Å². The fraction of sp³-hybridized carbons (Fsp3) is 0.448. The van der Waals surface area contributed by atoms with Crippen LogP contribution < -0.4 is 21.7 Å². The lowest BCUT2D eigenvalue weighted by molar-refractivity contribution is -0.131. The number of aliphatic hydroxyl groups is 1. The van der Waals surface area contributed by atoms with Crippen molar-refractivity contribution in [1.29, 1.82) is 0 Å². The van der Waals surface area contributed by atoms with E-state index >= 15 is 0 Å². The number of ether oxygens (including phenoxy) is 1. The standard InChI is InChI=1S/C29H40N4O6/c1-18(2)25(26(30)35)33-27(36)19(3)15-24(34)23(16-21-11-7-5-8-12-21)32-28(37)20(4)31-29(38)39-17-22-13-9-6-10-14-22/h5-14,18-20,23-25,34H,15-17H2,1-4H3,(H2,30,35)(H,31,38)(H,32,37)(H,33,36)/t19-,20+,23+,24+,25+/m1/s1. The predicted molar refractivity (Wildman–Crippen MR) is 147 cm³/mol. The molecule has 0 fully saturated rings. The third kappa shape index (κ3) is 10.8. The summed E-state index contributed by atoms with van der Waals surface area (Å²) in [6.45, 7) is 6.74. The Morgan fingerprint density at radius 3 is 1.92 bits per heavy atom. The number of nitrogens with two attached hydrogens (primary N) is 1. The van der Waals surface area contributed by atoms with Crippen molar-refractivity contribution in [3.8, 4) is 0 Å². The minimum Gasteiger partial charge on any atom is -0.445 e. The molecule has 4 amide bonds. The van der Waals surface area contributed by atoms with E-state index in [1.165, 1.54) is 6.92 Å². The van der Waals surface area contributed by atoms with Gasteiger partial charge in [0.1, 0.15) is 18.7 Å². The van der Waals surface area contributed by atoms with Gasteiger partial charge in [-0.15, -0.1) is 0 Å². The molecule has 2 aromatic carbocycles. The average Bonchev–Trinajstić information content (AvgIpc) is 2.90. The first-order chi connectivity index (χ1) is 18.5. The Labute approximate surface area is 229 Å². The lowest BCUT2D eigenvalue weighted by atomic mass is 9.93. The number of alkyl carbamates (subject to hydrolysis) is 1. The zero-order chi connectivity index (χ0) is 28.9. The number of hydrogen-bond acceptors (Lipinski definition) is 6. The first kappa shape index (κ1) is 31.3. The fourth-order valence-electron chi connectivity index (χ4n) is 3.96. The normalized spacial score (nSPS) is 14.8. The van der Waals surface area contributed by atoms with Crippen LogP contribution in [0.2, 0.25) is 0 Å². The summed E-state index contributed by atoms with van der Waals surface area (Å²) in [5.41, 5.74) is 7.08. The summed E-state index contributed by atoms with van der Waals surface area (Å²) in [5.74, 6) is -2.43. The van der Waals surface area contributed by atoms with Crippen LogP contribution in [-0.2, 0) is 32.1 Å². The molecule has 2 aromatic rings. The maximum Gasteiger partial charge on any atom is 0.408 e. The molecule has 39 heavy (non-hydrogen) atoms. The Hall–Kier alpha value is -3.92. The van der Waals surface area contributed by atoms with E-state index in [1.807, 2.05) is 60.7 Å². The van der Waals surface area contributed by atoms with Crippen LogP contribution in [0.4, 0.5) is 4.79 Å². The average molecular weight is 541 g/mol. The number of rotatable bonds is 14. The van der Waals surface area contributed by atoms with Crippen molar-refractivity contribution in [2.75, 3.05) is 0 Å². The molecule has 2 rings (SSSR count). The van der Waals surface area contributed by atoms with Gasteiger partial charge in [0, 0.05) is 5.92 Å². The molecule has 0 heterocycles. The molecular weight excluding hydrogens is 500 g/mol. The molecule has 6 N–H and O–H groups in total. The summed E-state index contributed by atoms with van der Waals surface area (Å²) >= 11 is 0. The Morgan fingerprint density at radius 1 is 0.821 bits per heavy atom. The maximum atomic E-state index is 12.9. The van der Waals surface area contributed by atoms with Crippen LogP contribution in [-0.4, -0.2) is 53.2 Å². The molecule has 0 aliphatic heterocycles. The molecule has 0 spiro atoms. The van der Waals surface area contributed by atoms with Gasteiger partial charge in [-0.2, -0.15) is 0 Å². The highest BCUT2D eigenvalue weighted by Crippen LogP contribution is 2.15. The van der Waals surface area contributed by atoms with Gasteiger partial charge in [-0.05, 0) is 36.8 Å². The van der Waals surface area contributed by atoms with E-state index in [0.717, 1.165) is 11.1 Å². The second-order valence-electron chi connectivity index (χ2n) is 10.1. The van der Waals surface area contributed by atoms with Crippen molar-refractivity contribution in [2.45, 2.75) is 71.4 Å². The van der Waals surface area contributed by atoms with Crippen LogP contribution in [0.1, 0.15) is 45.2 Å². The molecule has 0 unspecified atom stereocenters. The Morgan fingerprint density at radius 2 is 1.38 bits per heavy atom. The summed E-state index contributed by atoms with van der Waals surface area (Å²) < 4.78 is 5.18. The zero-order valence-electron chi connectivity index (χ0n) is 22.9. The highest BCUT2D eigenvalue weighted by Gasteiger charge is 2.30. The lowest BCUT2D eigenvalue weighted by Gasteiger charge is -2.28. The van der Waals surface area contributed by atoms with Gasteiger partial charge in [-0.1, -0.05) is 81.4 Å². The van der Waals surface area contributed by atoms with E-state index in [-0.39, 0.29) is 18.9 Å². The lowest BCUT2D eigenvalue weighted by Crippen LogP contribution is -2.53. The Kier molecular flexibility index (Phi) is 12.4. The Balaban J connectivity index is 2.02. The number of benzene rings is 2. The summed E-state index contributed by atoms with van der Waals surface area (Å²) in [6, 6.07) is 15.9. The van der Waals surface area contributed by atoms with Gasteiger partial charge in [0.05, 0.1) is 12.1 Å². The van der Waals surface area contributed by atoms with Crippen molar-refractivity contribution in [1.82, 2.24) is 16.0 Å². The topological polar surface area (TPSA) is 160 Å². The number of carbonyl (C=O) groups excluding carboxylic acids is 4. The number of aliphatic hydroxyl groups excluding tert-OH is 1. The van der Waals surface area contributed by atoms with Crippen LogP contribution in [0.25, 0.3) is 0 Å². The molecule has 0 aliphatic rings. The van der Waals surface area contributed by atoms with Gasteiger partial charge in [0.2, 0.25) is 17.7 Å². The molecule has 0 aromatic heterocycles. The summed E-state index contributed by atoms with van der Waals surface area (Å²) in [5, 5.41) is 19.0. The van der Waals surface area contributed by atoms with E-state index in [2.05, 4.69) is 16.0 Å². The SMILES string of the molecule is CC(C)[C@H](NC(=O)[C@H](C)C[C@H](O)[C@H](Cc1ccccc1)NC(=O)[C@H](C)NC(=O)OCc1ccccc1)C(N)=O. The van der Waals surface area contributed by atoms with Gasteiger partial charge in [0.15, 0.2) is 0 Å². The molecule has 10 heteroatoms. The van der Waals surface area contributed by atoms with Crippen molar-refractivity contribution in [3.05, 3.63) is 71.8 Å². The zero-order valence-corrected chi connectivity index (χ0v) is 22.9. The van der Waals surface area contributed by atoms with E-state index in [9.17, 15) is 24.3 Å². The Bertz CT molecular complexity index is 1080. The molecular formula is C29H40N4O6.